The molecule has 0 amide bonds. The molecule has 2 aromatic rings. The highest BCUT2D eigenvalue weighted by molar-refractivity contribution is 5.88. The molecule has 0 aliphatic heterocycles. The lowest BCUT2D eigenvalue weighted by molar-refractivity contribution is 0.0692. The van der Waals surface area contributed by atoms with Crippen LogP contribution in [-0.4, -0.2) is 21.0 Å². The number of H-pyrrole nitrogens is 1. The van der Waals surface area contributed by atoms with Crippen LogP contribution >= 0.6 is 0 Å². The molecule has 0 spiro atoms. The van der Waals surface area contributed by atoms with Crippen LogP contribution in [0.1, 0.15) is 10.4 Å². The molecule has 0 saturated carbocycles. The van der Waals surface area contributed by atoms with Gasteiger partial charge in [-0.2, -0.15) is 0 Å². The van der Waals surface area contributed by atoms with E-state index in [1.54, 1.807) is 0 Å². The zero-order valence-electron chi connectivity index (χ0n) is 9.38. The van der Waals surface area contributed by atoms with E-state index in [0.717, 1.165) is 18.5 Å². The maximum Gasteiger partial charge on any atom is 0.338 e. The van der Waals surface area contributed by atoms with Crippen LogP contribution in [0.15, 0.2) is 29.3 Å². The van der Waals surface area contributed by atoms with Crippen LogP contribution in [0.25, 0.3) is 0 Å². The van der Waals surface area contributed by atoms with Crippen molar-refractivity contribution in [2.75, 3.05) is 5.73 Å². The summed E-state index contributed by atoms with van der Waals surface area (Å²) in [4.78, 5) is 27.7. The first-order valence-corrected chi connectivity index (χ1v) is 5.03. The van der Waals surface area contributed by atoms with Crippen LogP contribution < -0.4 is 16.0 Å². The van der Waals surface area contributed by atoms with Gasteiger partial charge in [-0.25, -0.2) is 14.2 Å². The number of nitrogens with one attached hydrogen (secondary N) is 1. The van der Waals surface area contributed by atoms with Crippen LogP contribution in [0.3, 0.4) is 0 Å². The molecule has 0 atom stereocenters. The van der Waals surface area contributed by atoms with Gasteiger partial charge in [-0.3, -0.25) is 4.79 Å². The summed E-state index contributed by atoms with van der Waals surface area (Å²) in [5.41, 5.74) is 4.09. The Kier molecular flexibility index (Phi) is 3.15. The second-order valence-corrected chi connectivity index (χ2v) is 3.50. The Morgan fingerprint density at radius 2 is 2.21 bits per heavy atom. The molecule has 1 aromatic heterocycles. The molecule has 98 valence electrons. The van der Waals surface area contributed by atoms with E-state index >= 15 is 0 Å². The van der Waals surface area contributed by atoms with Crippen molar-refractivity contribution < 1.29 is 19.0 Å². The van der Waals surface area contributed by atoms with Crippen molar-refractivity contribution in [3.05, 3.63) is 46.3 Å². The topological polar surface area (TPSA) is 118 Å². The fourth-order valence-electron chi connectivity index (χ4n) is 1.32. The van der Waals surface area contributed by atoms with Crippen molar-refractivity contribution in [1.29, 1.82) is 0 Å². The fourth-order valence-corrected chi connectivity index (χ4v) is 1.32. The minimum atomic E-state index is -1.39. The van der Waals surface area contributed by atoms with E-state index in [4.69, 9.17) is 15.6 Å². The number of hydrogen-bond donors (Lipinski definition) is 3. The number of nitrogens with two attached hydrogens (primary N) is 1. The number of halogens is 1. The molecule has 1 heterocycles. The van der Waals surface area contributed by atoms with Gasteiger partial charge in [-0.15, -0.1) is 0 Å². The van der Waals surface area contributed by atoms with Gasteiger partial charge in [-0.1, -0.05) is 0 Å². The van der Waals surface area contributed by atoms with E-state index in [0.29, 0.717) is 0 Å². The van der Waals surface area contributed by atoms with Crippen molar-refractivity contribution in [3.63, 3.8) is 0 Å². The minimum Gasteiger partial charge on any atom is -0.478 e. The number of aromatic amines is 1. The summed E-state index contributed by atoms with van der Waals surface area (Å²) in [7, 11) is 0. The van der Waals surface area contributed by atoms with Gasteiger partial charge < -0.3 is 20.6 Å². The van der Waals surface area contributed by atoms with Crippen LogP contribution in [-0.2, 0) is 0 Å². The molecule has 4 N–H and O–H groups in total. The first-order chi connectivity index (χ1) is 8.99. The third-order valence-corrected chi connectivity index (χ3v) is 2.24. The Morgan fingerprint density at radius 1 is 1.47 bits per heavy atom. The van der Waals surface area contributed by atoms with E-state index in [-0.39, 0.29) is 17.3 Å². The summed E-state index contributed by atoms with van der Waals surface area (Å²) in [6.07, 6.45) is 1.08. The summed E-state index contributed by atoms with van der Waals surface area (Å²) in [6, 6.07) is 3.14. The molecular weight excluding hydrogens is 257 g/mol. The molecule has 0 aliphatic carbocycles. The summed E-state index contributed by atoms with van der Waals surface area (Å²) in [6.45, 7) is 0. The number of carbonyl (C=O) groups is 1. The van der Waals surface area contributed by atoms with E-state index < -0.39 is 22.9 Å². The van der Waals surface area contributed by atoms with E-state index in [9.17, 15) is 14.0 Å². The van der Waals surface area contributed by atoms with Gasteiger partial charge in [0.15, 0.2) is 5.69 Å². The van der Waals surface area contributed by atoms with Crippen LogP contribution in [0.2, 0.25) is 0 Å². The van der Waals surface area contributed by atoms with E-state index in [2.05, 4.69) is 9.97 Å². The monoisotopic (exact) mass is 265 g/mol. The summed E-state index contributed by atoms with van der Waals surface area (Å²) in [5.74, 6) is -2.57. The molecule has 7 nitrogen and oxygen atoms in total. The number of hydrogen-bond acceptors (Lipinski definition) is 5. The molecular formula is C11H8FN3O4. The molecule has 0 unspecified atom stereocenters. The van der Waals surface area contributed by atoms with Gasteiger partial charge in [0.05, 0.1) is 11.9 Å². The number of rotatable bonds is 3. The van der Waals surface area contributed by atoms with Crippen molar-refractivity contribution in [2.45, 2.75) is 0 Å². The number of aromatic nitrogens is 2. The van der Waals surface area contributed by atoms with E-state index in [1.165, 1.54) is 6.07 Å². The molecule has 0 aliphatic rings. The molecule has 0 fully saturated rings. The van der Waals surface area contributed by atoms with Crippen molar-refractivity contribution in [1.82, 2.24) is 9.97 Å². The van der Waals surface area contributed by atoms with Crippen LogP contribution in [0.4, 0.5) is 10.1 Å². The number of nitrogens with zero attached hydrogens (tertiary/aromatic N) is 1. The Morgan fingerprint density at radius 3 is 2.84 bits per heavy atom. The highest BCUT2D eigenvalue weighted by atomic mass is 19.1. The number of carboxylic acid groups (broad SMARTS) is 1. The largest absolute Gasteiger partial charge is 0.478 e. The Labute approximate surface area is 105 Å². The second kappa shape index (κ2) is 4.77. The molecule has 0 bridgehead atoms. The zero-order valence-corrected chi connectivity index (χ0v) is 9.38. The number of nitrogen functional groups attached to an aromatic ring is 1. The molecule has 2 rings (SSSR count). The lowest BCUT2D eigenvalue weighted by atomic mass is 10.2. The van der Waals surface area contributed by atoms with Crippen molar-refractivity contribution in [3.8, 4) is 11.6 Å². The highest BCUT2D eigenvalue weighted by Gasteiger charge is 2.13. The predicted octanol–water partition coefficient (Wildman–Crippen LogP) is 0.982. The molecule has 8 heteroatoms. The predicted molar refractivity (Wildman–Crippen MR) is 62.7 cm³/mol. The van der Waals surface area contributed by atoms with Gasteiger partial charge in [0.2, 0.25) is 5.88 Å². The number of aromatic carboxylic acids is 1. The minimum absolute atomic E-state index is 0.0210. The maximum atomic E-state index is 13.4. The van der Waals surface area contributed by atoms with Gasteiger partial charge in [0.25, 0.3) is 5.56 Å². The van der Waals surface area contributed by atoms with Crippen molar-refractivity contribution >= 4 is 11.7 Å². The molecule has 0 saturated heterocycles. The van der Waals surface area contributed by atoms with Crippen LogP contribution in [0, 0.1) is 5.82 Å². The van der Waals surface area contributed by atoms with Crippen molar-refractivity contribution in [2.24, 2.45) is 0 Å². The zero-order chi connectivity index (χ0) is 14.0. The lowest BCUT2D eigenvalue weighted by Gasteiger charge is -2.06. The number of anilines is 1. The molecule has 0 radical (unpaired) electrons. The highest BCUT2D eigenvalue weighted by Crippen LogP contribution is 2.24. The van der Waals surface area contributed by atoms with Gasteiger partial charge in [0.1, 0.15) is 11.6 Å². The Bertz CT molecular complexity index is 699. The third-order valence-electron chi connectivity index (χ3n) is 2.24. The van der Waals surface area contributed by atoms with E-state index in [1.807, 2.05) is 0 Å². The number of carboxylic acids is 1. The SMILES string of the molecule is Nc1c(Oc2ccc(C(=O)O)c(F)c2)nc[nH]c1=O. The standard InChI is InChI=1S/C11H8FN3O4/c12-7-3-5(1-2-6(7)11(17)18)19-10-8(13)9(16)14-4-15-10/h1-4H,13H2,(H,17,18)(H,14,15,16). The normalized spacial score (nSPS) is 10.2. The summed E-state index contributed by atoms with van der Waals surface area (Å²) in [5, 5.41) is 8.67. The summed E-state index contributed by atoms with van der Waals surface area (Å²) < 4.78 is 18.5. The Hall–Kier alpha value is -2.90. The number of benzene rings is 1. The molecule has 19 heavy (non-hydrogen) atoms. The second-order valence-electron chi connectivity index (χ2n) is 3.50. The maximum absolute atomic E-state index is 13.4. The quantitative estimate of drug-likeness (QED) is 0.761. The summed E-state index contributed by atoms with van der Waals surface area (Å²) >= 11 is 0. The first-order valence-electron chi connectivity index (χ1n) is 5.03. The first kappa shape index (κ1) is 12.6. The lowest BCUT2D eigenvalue weighted by Crippen LogP contribution is -2.13. The molecule has 1 aromatic carbocycles. The van der Waals surface area contributed by atoms with Gasteiger partial charge in [0, 0.05) is 6.07 Å². The Balaban J connectivity index is 2.34. The smallest absolute Gasteiger partial charge is 0.338 e. The average molecular weight is 265 g/mol. The third kappa shape index (κ3) is 2.51. The fraction of sp³-hybridized carbons (Fsp3) is 0. The van der Waals surface area contributed by atoms with Crippen LogP contribution in [0.5, 0.6) is 11.6 Å². The number of ether oxygens (including phenoxy) is 1. The van der Waals surface area contributed by atoms with Gasteiger partial charge in [-0.05, 0) is 12.1 Å². The average Bonchev–Trinajstić information content (AvgIpc) is 2.34. The van der Waals surface area contributed by atoms with Gasteiger partial charge >= 0.3 is 5.97 Å².